The summed E-state index contributed by atoms with van der Waals surface area (Å²) in [6.07, 6.45) is 5.31. The fourth-order valence-electron chi connectivity index (χ4n) is 5.67. The first-order valence-electron chi connectivity index (χ1n) is 10.8. The molecule has 2 saturated heterocycles. The van der Waals surface area contributed by atoms with Gasteiger partial charge in [0.1, 0.15) is 0 Å². The molecular formula is C23H26ClN3O3. The number of halogens is 1. The second kappa shape index (κ2) is 7.41. The number of imide groups is 1. The Labute approximate surface area is 181 Å². The maximum absolute atomic E-state index is 12.8. The van der Waals surface area contributed by atoms with Crippen molar-refractivity contribution in [3.05, 3.63) is 40.9 Å². The lowest BCUT2D eigenvalue weighted by atomic mass is 9.85. The monoisotopic (exact) mass is 427 g/mol. The largest absolute Gasteiger partial charge is 0.368 e. The van der Waals surface area contributed by atoms with Crippen LogP contribution in [-0.2, 0) is 14.4 Å². The number of aryl methyl sites for hydroxylation is 1. The first kappa shape index (κ1) is 19.6. The molecule has 158 valence electrons. The number of nitrogens with zero attached hydrogens (tertiary/aromatic N) is 3. The van der Waals surface area contributed by atoms with Gasteiger partial charge in [-0.1, -0.05) is 29.8 Å². The zero-order valence-corrected chi connectivity index (χ0v) is 17.8. The molecule has 0 N–H and O–H groups in total. The van der Waals surface area contributed by atoms with Crippen LogP contribution < -0.4 is 4.90 Å². The minimum Gasteiger partial charge on any atom is -0.368 e. The molecule has 0 aromatic heterocycles. The first-order chi connectivity index (χ1) is 14.4. The van der Waals surface area contributed by atoms with Crippen LogP contribution in [-0.4, -0.2) is 60.2 Å². The third kappa shape index (κ3) is 3.13. The van der Waals surface area contributed by atoms with E-state index in [4.69, 9.17) is 11.6 Å². The number of carbonyl (C=O) groups excluding carboxylic acids is 3. The summed E-state index contributed by atoms with van der Waals surface area (Å²) < 4.78 is 0. The number of allylic oxidation sites excluding steroid dienone is 2. The quantitative estimate of drug-likeness (QED) is 0.547. The van der Waals surface area contributed by atoms with Gasteiger partial charge in [-0.2, -0.15) is 0 Å². The highest BCUT2D eigenvalue weighted by atomic mass is 35.5. The van der Waals surface area contributed by atoms with E-state index in [9.17, 15) is 14.4 Å². The lowest BCUT2D eigenvalue weighted by Crippen LogP contribution is -2.49. The summed E-state index contributed by atoms with van der Waals surface area (Å²) in [5.74, 6) is -0.0949. The number of fused-ring (bicyclic) bond motifs is 5. The Morgan fingerprint density at radius 2 is 1.67 bits per heavy atom. The van der Waals surface area contributed by atoms with Crippen LogP contribution in [0.1, 0.15) is 18.4 Å². The van der Waals surface area contributed by atoms with Gasteiger partial charge in [0.2, 0.25) is 17.7 Å². The molecule has 4 aliphatic rings. The number of benzene rings is 1. The fourth-order valence-corrected chi connectivity index (χ4v) is 5.84. The molecule has 6 nitrogen and oxygen atoms in total. The van der Waals surface area contributed by atoms with E-state index in [1.807, 2.05) is 23.1 Å². The SMILES string of the molecule is Cc1ccc(Cl)cc1N1CCN(C(=O)CCN2C(=O)[C@H]3[C@H](C2=O)[C@H]2C=C[C@H]3C2)CC1. The Bertz CT molecular complexity index is 908. The third-order valence-corrected chi connectivity index (χ3v) is 7.49. The zero-order valence-electron chi connectivity index (χ0n) is 17.1. The molecule has 1 saturated carbocycles. The summed E-state index contributed by atoms with van der Waals surface area (Å²) in [5, 5.41) is 0.711. The van der Waals surface area contributed by atoms with Gasteiger partial charge in [0.15, 0.2) is 0 Å². The molecule has 7 heteroatoms. The van der Waals surface area contributed by atoms with Crippen molar-refractivity contribution < 1.29 is 14.4 Å². The molecule has 2 aliphatic heterocycles. The minimum atomic E-state index is -0.188. The molecule has 3 fully saturated rings. The van der Waals surface area contributed by atoms with Crippen LogP contribution in [0, 0.1) is 30.6 Å². The Hall–Kier alpha value is -2.34. The van der Waals surface area contributed by atoms with Crippen molar-refractivity contribution >= 4 is 35.0 Å². The maximum atomic E-state index is 12.8. The number of piperazine rings is 1. The van der Waals surface area contributed by atoms with Crippen LogP contribution >= 0.6 is 11.6 Å². The van der Waals surface area contributed by atoms with Crippen molar-refractivity contribution in [1.29, 1.82) is 0 Å². The Morgan fingerprint density at radius 1 is 1.03 bits per heavy atom. The predicted molar refractivity (Wildman–Crippen MR) is 114 cm³/mol. The van der Waals surface area contributed by atoms with Gasteiger partial charge in [0.05, 0.1) is 11.8 Å². The van der Waals surface area contributed by atoms with E-state index in [0.29, 0.717) is 18.1 Å². The normalized spacial score (nSPS) is 29.9. The van der Waals surface area contributed by atoms with Crippen LogP contribution in [0.2, 0.25) is 5.02 Å². The van der Waals surface area contributed by atoms with E-state index in [1.54, 1.807) is 0 Å². The van der Waals surface area contributed by atoms with E-state index in [-0.39, 0.29) is 54.4 Å². The molecule has 1 aromatic carbocycles. The fraction of sp³-hybridized carbons (Fsp3) is 0.522. The van der Waals surface area contributed by atoms with E-state index < -0.39 is 0 Å². The van der Waals surface area contributed by atoms with Crippen LogP contribution in [0.15, 0.2) is 30.4 Å². The number of anilines is 1. The van der Waals surface area contributed by atoms with Gasteiger partial charge in [-0.3, -0.25) is 19.3 Å². The Kier molecular flexibility index (Phi) is 4.85. The topological polar surface area (TPSA) is 60.9 Å². The summed E-state index contributed by atoms with van der Waals surface area (Å²) in [5.41, 5.74) is 2.27. The van der Waals surface area contributed by atoms with Gasteiger partial charge in [0.25, 0.3) is 0 Å². The second-order valence-electron chi connectivity index (χ2n) is 8.88. The number of hydrogen-bond acceptors (Lipinski definition) is 4. The third-order valence-electron chi connectivity index (χ3n) is 7.26. The van der Waals surface area contributed by atoms with Gasteiger partial charge in [-0.05, 0) is 42.9 Å². The molecule has 1 aromatic rings. The van der Waals surface area contributed by atoms with Crippen molar-refractivity contribution in [3.8, 4) is 0 Å². The molecule has 30 heavy (non-hydrogen) atoms. The summed E-state index contributed by atoms with van der Waals surface area (Å²) in [7, 11) is 0. The van der Waals surface area contributed by atoms with Crippen molar-refractivity contribution in [2.24, 2.45) is 23.7 Å². The van der Waals surface area contributed by atoms with Gasteiger partial charge >= 0.3 is 0 Å². The minimum absolute atomic E-state index is 0.0104. The lowest BCUT2D eigenvalue weighted by molar-refractivity contribution is -0.141. The molecule has 2 aliphatic carbocycles. The van der Waals surface area contributed by atoms with Crippen molar-refractivity contribution in [1.82, 2.24) is 9.80 Å². The lowest BCUT2D eigenvalue weighted by Gasteiger charge is -2.37. The number of hydrogen-bond donors (Lipinski definition) is 0. The summed E-state index contributed by atoms with van der Waals surface area (Å²) in [4.78, 5) is 43.7. The molecule has 5 rings (SSSR count). The smallest absolute Gasteiger partial charge is 0.233 e. The highest BCUT2D eigenvalue weighted by Crippen LogP contribution is 2.52. The summed E-state index contributed by atoms with van der Waals surface area (Å²) in [6, 6.07) is 5.87. The standard InChI is InChI=1S/C23H26ClN3O3/c1-14-2-5-17(24)13-18(14)25-8-10-26(11-9-25)19(28)6-7-27-22(29)20-15-3-4-16(12-15)21(20)23(27)30/h2-5,13,15-16,20-21H,6-12H2,1H3/t15-,16-,20+,21+/m0/s1. The van der Waals surface area contributed by atoms with Gasteiger partial charge in [0, 0.05) is 49.9 Å². The van der Waals surface area contributed by atoms with Gasteiger partial charge in [-0.25, -0.2) is 0 Å². The van der Waals surface area contributed by atoms with Crippen LogP contribution in [0.4, 0.5) is 5.69 Å². The number of carbonyl (C=O) groups is 3. The summed E-state index contributed by atoms with van der Waals surface area (Å²) in [6.45, 7) is 5.01. The van der Waals surface area contributed by atoms with E-state index >= 15 is 0 Å². The van der Waals surface area contributed by atoms with Crippen LogP contribution in [0.25, 0.3) is 0 Å². The summed E-state index contributed by atoms with van der Waals surface area (Å²) >= 11 is 6.14. The number of rotatable bonds is 4. The first-order valence-corrected chi connectivity index (χ1v) is 11.1. The molecule has 2 heterocycles. The second-order valence-corrected chi connectivity index (χ2v) is 9.31. The van der Waals surface area contributed by atoms with E-state index in [0.717, 1.165) is 25.2 Å². The molecule has 3 amide bonds. The zero-order chi connectivity index (χ0) is 21.0. The average Bonchev–Trinajstić information content (AvgIpc) is 3.43. The van der Waals surface area contributed by atoms with Crippen molar-refractivity contribution in [3.63, 3.8) is 0 Å². The van der Waals surface area contributed by atoms with Crippen molar-refractivity contribution in [2.45, 2.75) is 19.8 Å². The Balaban J connectivity index is 1.15. The highest BCUT2D eigenvalue weighted by Gasteiger charge is 2.59. The maximum Gasteiger partial charge on any atom is 0.233 e. The molecule has 0 spiro atoms. The van der Waals surface area contributed by atoms with Crippen molar-refractivity contribution in [2.75, 3.05) is 37.6 Å². The molecule has 0 radical (unpaired) electrons. The van der Waals surface area contributed by atoms with E-state index in [2.05, 4.69) is 24.0 Å². The molecule has 0 unspecified atom stereocenters. The van der Waals surface area contributed by atoms with Crippen LogP contribution in [0.3, 0.4) is 0 Å². The molecule has 2 bridgehead atoms. The highest BCUT2D eigenvalue weighted by molar-refractivity contribution is 6.30. The molecular weight excluding hydrogens is 402 g/mol. The van der Waals surface area contributed by atoms with E-state index in [1.165, 1.54) is 10.5 Å². The number of likely N-dealkylation sites (tertiary alicyclic amines) is 1. The number of amides is 3. The average molecular weight is 428 g/mol. The van der Waals surface area contributed by atoms with Gasteiger partial charge < -0.3 is 9.80 Å². The van der Waals surface area contributed by atoms with Gasteiger partial charge in [-0.15, -0.1) is 0 Å². The predicted octanol–water partition coefficient (Wildman–Crippen LogP) is 2.49. The van der Waals surface area contributed by atoms with Crippen LogP contribution in [0.5, 0.6) is 0 Å². The Morgan fingerprint density at radius 3 is 2.30 bits per heavy atom. The molecule has 4 atom stereocenters.